The molecular weight excluding hydrogens is 342 g/mol. The van der Waals surface area contributed by atoms with Crippen molar-refractivity contribution in [2.24, 2.45) is 11.3 Å². The summed E-state index contributed by atoms with van der Waals surface area (Å²) in [6.45, 7) is 0.278. The Hall–Kier alpha value is -2.82. The molecule has 2 fully saturated rings. The second kappa shape index (κ2) is 5.84. The Morgan fingerprint density at radius 3 is 2.26 bits per heavy atom. The highest BCUT2D eigenvalue weighted by atomic mass is 16.5. The van der Waals surface area contributed by atoms with Crippen LogP contribution in [0.4, 0.5) is 4.79 Å². The van der Waals surface area contributed by atoms with Crippen molar-refractivity contribution in [3.05, 3.63) is 59.7 Å². The normalized spacial score (nSPS) is 27.4. The van der Waals surface area contributed by atoms with Crippen LogP contribution in [0.2, 0.25) is 0 Å². The third-order valence-electron chi connectivity index (χ3n) is 6.50. The minimum Gasteiger partial charge on any atom is -0.481 e. The van der Waals surface area contributed by atoms with Gasteiger partial charge in [-0.25, -0.2) is 4.79 Å². The number of aliphatic carboxylic acids is 1. The highest BCUT2D eigenvalue weighted by Crippen LogP contribution is 2.63. The maximum Gasteiger partial charge on any atom is 0.407 e. The molecule has 27 heavy (non-hydrogen) atoms. The molecule has 0 unspecified atom stereocenters. The Kier molecular flexibility index (Phi) is 3.54. The first-order valence-electron chi connectivity index (χ1n) is 9.43. The van der Waals surface area contributed by atoms with E-state index in [1.807, 2.05) is 24.3 Å². The summed E-state index contributed by atoms with van der Waals surface area (Å²) < 4.78 is 5.55. The van der Waals surface area contributed by atoms with Gasteiger partial charge in [-0.2, -0.15) is 0 Å². The molecule has 0 aromatic heterocycles. The largest absolute Gasteiger partial charge is 0.481 e. The monoisotopic (exact) mass is 363 g/mol. The van der Waals surface area contributed by atoms with Crippen LogP contribution in [-0.4, -0.2) is 29.8 Å². The standard InChI is InChI=1S/C22H21NO4/c24-20(25)22-10-13(22)9-14(11-22)23-21(26)27-12-19-17-7-3-1-5-15(17)16-6-2-4-8-18(16)19/h1-8,13-14,19H,9-12H2,(H,23,26)(H,24,25)/t13-,14+,22+/m0/s1. The Morgan fingerprint density at radius 2 is 1.67 bits per heavy atom. The van der Waals surface area contributed by atoms with Crippen LogP contribution in [0.3, 0.4) is 0 Å². The smallest absolute Gasteiger partial charge is 0.407 e. The number of rotatable bonds is 4. The fourth-order valence-electron chi connectivity index (χ4n) is 5.07. The van der Waals surface area contributed by atoms with Gasteiger partial charge < -0.3 is 15.2 Å². The van der Waals surface area contributed by atoms with Gasteiger partial charge in [0.15, 0.2) is 0 Å². The van der Waals surface area contributed by atoms with Crippen molar-refractivity contribution in [1.82, 2.24) is 5.32 Å². The molecule has 0 heterocycles. The zero-order chi connectivity index (χ0) is 18.6. The quantitative estimate of drug-likeness (QED) is 0.867. The van der Waals surface area contributed by atoms with Gasteiger partial charge in [0, 0.05) is 12.0 Å². The van der Waals surface area contributed by atoms with Gasteiger partial charge in [0.05, 0.1) is 5.41 Å². The van der Waals surface area contributed by atoms with Crippen LogP contribution in [0.25, 0.3) is 11.1 Å². The van der Waals surface area contributed by atoms with E-state index in [1.54, 1.807) is 0 Å². The lowest BCUT2D eigenvalue weighted by atomic mass is 9.98. The second-order valence-electron chi connectivity index (χ2n) is 7.97. The number of hydrogen-bond acceptors (Lipinski definition) is 3. The van der Waals surface area contributed by atoms with Crippen LogP contribution in [-0.2, 0) is 9.53 Å². The molecular formula is C22H21NO4. The molecule has 2 N–H and O–H groups in total. The second-order valence-corrected chi connectivity index (χ2v) is 7.97. The first-order valence-corrected chi connectivity index (χ1v) is 9.43. The average Bonchev–Trinajstić information content (AvgIpc) is 3.10. The summed E-state index contributed by atoms with van der Waals surface area (Å²) in [4.78, 5) is 23.7. The van der Waals surface area contributed by atoms with Crippen molar-refractivity contribution in [1.29, 1.82) is 0 Å². The van der Waals surface area contributed by atoms with Crippen molar-refractivity contribution < 1.29 is 19.4 Å². The number of carbonyl (C=O) groups excluding carboxylic acids is 1. The molecule has 5 nitrogen and oxygen atoms in total. The van der Waals surface area contributed by atoms with Crippen LogP contribution in [0.5, 0.6) is 0 Å². The van der Waals surface area contributed by atoms with Crippen LogP contribution in [0, 0.1) is 11.3 Å². The molecule has 2 saturated carbocycles. The van der Waals surface area contributed by atoms with Gasteiger partial charge in [-0.15, -0.1) is 0 Å². The fourth-order valence-corrected chi connectivity index (χ4v) is 5.07. The Morgan fingerprint density at radius 1 is 1.04 bits per heavy atom. The zero-order valence-corrected chi connectivity index (χ0v) is 14.9. The van der Waals surface area contributed by atoms with Crippen LogP contribution in [0.15, 0.2) is 48.5 Å². The average molecular weight is 363 g/mol. The van der Waals surface area contributed by atoms with E-state index in [2.05, 4.69) is 29.6 Å². The van der Waals surface area contributed by atoms with E-state index in [9.17, 15) is 14.7 Å². The number of carboxylic acids is 1. The number of carboxylic acid groups (broad SMARTS) is 1. The molecule has 0 radical (unpaired) electrons. The number of benzene rings is 2. The minimum atomic E-state index is -0.732. The number of ether oxygens (including phenoxy) is 1. The molecule has 2 aromatic rings. The summed E-state index contributed by atoms with van der Waals surface area (Å²) in [5.41, 5.74) is 4.15. The number of hydrogen-bond donors (Lipinski definition) is 2. The summed E-state index contributed by atoms with van der Waals surface area (Å²) in [5, 5.41) is 12.2. The molecule has 0 bridgehead atoms. The lowest BCUT2D eigenvalue weighted by molar-refractivity contribution is -0.143. The molecule has 5 heteroatoms. The maximum atomic E-state index is 12.3. The summed E-state index contributed by atoms with van der Waals surface area (Å²) in [6, 6.07) is 16.3. The van der Waals surface area contributed by atoms with Gasteiger partial charge >= 0.3 is 12.1 Å². The van der Waals surface area contributed by atoms with E-state index < -0.39 is 17.5 Å². The molecule has 3 atom stereocenters. The number of nitrogens with one attached hydrogen (secondary N) is 1. The first-order chi connectivity index (χ1) is 13.1. The summed E-state index contributed by atoms with van der Waals surface area (Å²) >= 11 is 0. The van der Waals surface area contributed by atoms with Crippen molar-refractivity contribution in [3.63, 3.8) is 0 Å². The maximum absolute atomic E-state index is 12.3. The molecule has 138 valence electrons. The summed E-state index contributed by atoms with van der Waals surface area (Å²) in [5.74, 6) is -0.497. The molecule has 1 amide bonds. The van der Waals surface area contributed by atoms with E-state index in [-0.39, 0.29) is 24.5 Å². The van der Waals surface area contributed by atoms with E-state index >= 15 is 0 Å². The van der Waals surface area contributed by atoms with Crippen molar-refractivity contribution in [3.8, 4) is 11.1 Å². The highest BCUT2D eigenvalue weighted by molar-refractivity contribution is 5.80. The lowest BCUT2D eigenvalue weighted by Crippen LogP contribution is -2.36. The molecule has 5 rings (SSSR count). The Labute approximate surface area is 157 Å². The number of carbonyl (C=O) groups is 2. The number of fused-ring (bicyclic) bond motifs is 4. The highest BCUT2D eigenvalue weighted by Gasteiger charge is 2.65. The molecule has 0 saturated heterocycles. The fraction of sp³-hybridized carbons (Fsp3) is 0.364. The SMILES string of the molecule is O=C(N[C@@H]1C[C@H]2C[C@@]2(C(=O)O)C1)OCC1c2ccccc2-c2ccccc21. The molecule has 0 spiro atoms. The Bertz CT molecular complexity index is 894. The molecule has 0 aliphatic heterocycles. The topological polar surface area (TPSA) is 75.6 Å². The molecule has 3 aliphatic rings. The molecule has 2 aromatic carbocycles. The number of alkyl carbamates (subject to hydrolysis) is 1. The third-order valence-corrected chi connectivity index (χ3v) is 6.50. The van der Waals surface area contributed by atoms with E-state index in [1.165, 1.54) is 22.3 Å². The van der Waals surface area contributed by atoms with Crippen molar-refractivity contribution in [2.45, 2.75) is 31.2 Å². The van der Waals surface area contributed by atoms with Crippen LogP contribution in [0.1, 0.15) is 36.3 Å². The predicted octanol–water partition coefficient (Wildman–Crippen LogP) is 3.78. The Balaban J connectivity index is 1.24. The predicted molar refractivity (Wildman–Crippen MR) is 99.4 cm³/mol. The van der Waals surface area contributed by atoms with E-state index in [0.717, 1.165) is 12.8 Å². The van der Waals surface area contributed by atoms with E-state index in [4.69, 9.17) is 4.74 Å². The minimum absolute atomic E-state index is 0.0329. The van der Waals surface area contributed by atoms with Gasteiger partial charge in [-0.3, -0.25) is 4.79 Å². The van der Waals surface area contributed by atoms with Gasteiger partial charge in [-0.1, -0.05) is 48.5 Å². The zero-order valence-electron chi connectivity index (χ0n) is 14.9. The molecule has 3 aliphatic carbocycles. The van der Waals surface area contributed by atoms with Crippen molar-refractivity contribution >= 4 is 12.1 Å². The van der Waals surface area contributed by atoms with Gasteiger partial charge in [0.1, 0.15) is 6.61 Å². The van der Waals surface area contributed by atoms with E-state index in [0.29, 0.717) is 6.42 Å². The third kappa shape index (κ3) is 2.52. The summed E-state index contributed by atoms with van der Waals surface area (Å²) in [6.07, 6.45) is 1.53. The number of amides is 1. The van der Waals surface area contributed by atoms with Gasteiger partial charge in [0.25, 0.3) is 0 Å². The van der Waals surface area contributed by atoms with Crippen molar-refractivity contribution in [2.75, 3.05) is 6.61 Å². The first kappa shape index (κ1) is 16.4. The van der Waals surface area contributed by atoms with Crippen LogP contribution < -0.4 is 5.32 Å². The summed E-state index contributed by atoms with van der Waals surface area (Å²) in [7, 11) is 0. The van der Waals surface area contributed by atoms with Gasteiger partial charge in [-0.05, 0) is 47.4 Å². The van der Waals surface area contributed by atoms with Gasteiger partial charge in [0.2, 0.25) is 0 Å². The van der Waals surface area contributed by atoms with Crippen LogP contribution >= 0.6 is 0 Å². The lowest BCUT2D eigenvalue weighted by Gasteiger charge is -2.18.